The molecule has 1 amide bonds. The Kier molecular flexibility index (Phi) is 5.30. The van der Waals surface area contributed by atoms with Gasteiger partial charge >= 0.3 is 6.18 Å². The molecule has 0 spiro atoms. The lowest BCUT2D eigenvalue weighted by Gasteiger charge is -2.12. The Balaban J connectivity index is 1.91. The van der Waals surface area contributed by atoms with E-state index in [-0.39, 0.29) is 18.2 Å². The number of benzene rings is 1. The fraction of sp³-hybridized carbons (Fsp3) is 0.222. The molecule has 28 heavy (non-hydrogen) atoms. The van der Waals surface area contributed by atoms with Gasteiger partial charge in [-0.05, 0) is 24.1 Å². The van der Waals surface area contributed by atoms with Gasteiger partial charge in [0.1, 0.15) is 0 Å². The molecule has 3 aromatic rings. The van der Waals surface area contributed by atoms with E-state index in [9.17, 15) is 18.0 Å². The third kappa shape index (κ3) is 3.95. The molecule has 0 bridgehead atoms. The van der Waals surface area contributed by atoms with E-state index >= 15 is 0 Å². The number of nitrogens with one attached hydrogen (secondary N) is 1. The van der Waals surface area contributed by atoms with Crippen LogP contribution in [0.4, 0.5) is 13.2 Å². The van der Waals surface area contributed by atoms with E-state index in [1.165, 1.54) is 19.2 Å². The lowest BCUT2D eigenvalue weighted by molar-refractivity contribution is -0.143. The lowest BCUT2D eigenvalue weighted by Crippen LogP contribution is -2.26. The van der Waals surface area contributed by atoms with Gasteiger partial charge in [0.2, 0.25) is 5.88 Å². The number of nitrogens with zero attached hydrogens (tertiary/aromatic N) is 4. The average Bonchev–Trinajstić information content (AvgIpc) is 3.13. The Morgan fingerprint density at radius 3 is 2.54 bits per heavy atom. The zero-order valence-electron chi connectivity index (χ0n) is 15.0. The van der Waals surface area contributed by atoms with Crippen LogP contribution in [0, 0.1) is 6.92 Å². The summed E-state index contributed by atoms with van der Waals surface area (Å²) in [6.45, 7) is 1.94. The van der Waals surface area contributed by atoms with Gasteiger partial charge in [-0.1, -0.05) is 24.3 Å². The van der Waals surface area contributed by atoms with E-state index in [1.807, 2.05) is 19.1 Å². The number of alkyl halides is 3. The summed E-state index contributed by atoms with van der Waals surface area (Å²) in [5.74, 6) is -0.935. The fourth-order valence-electron chi connectivity index (χ4n) is 2.58. The molecule has 3 rings (SSSR count). The number of methoxy groups -OCH3 is 1. The first-order valence-corrected chi connectivity index (χ1v) is 8.17. The molecule has 0 saturated heterocycles. The molecule has 1 N–H and O–H groups in total. The van der Waals surface area contributed by atoms with Crippen LogP contribution in [0.2, 0.25) is 0 Å². The van der Waals surface area contributed by atoms with Crippen LogP contribution >= 0.6 is 0 Å². The van der Waals surface area contributed by atoms with Gasteiger partial charge in [0.05, 0.1) is 18.9 Å². The van der Waals surface area contributed by atoms with Crippen molar-refractivity contribution in [1.82, 2.24) is 25.3 Å². The molecular weight excluding hydrogens is 375 g/mol. The number of rotatable bonds is 5. The minimum absolute atomic E-state index is 0.0936. The zero-order valence-corrected chi connectivity index (χ0v) is 15.0. The largest absolute Gasteiger partial charge is 0.480 e. The number of halogens is 3. The van der Waals surface area contributed by atoms with Gasteiger partial charge in [-0.2, -0.15) is 18.3 Å². The maximum absolute atomic E-state index is 13.6. The van der Waals surface area contributed by atoms with Crippen LogP contribution in [0.25, 0.3) is 5.82 Å². The van der Waals surface area contributed by atoms with E-state index in [1.54, 1.807) is 12.1 Å². The van der Waals surface area contributed by atoms with Crippen molar-refractivity contribution in [3.8, 4) is 11.7 Å². The van der Waals surface area contributed by atoms with Crippen LogP contribution in [-0.2, 0) is 12.7 Å². The number of aryl methyl sites for hydroxylation is 1. The Hall–Kier alpha value is -3.43. The van der Waals surface area contributed by atoms with Crippen LogP contribution in [0.5, 0.6) is 5.88 Å². The van der Waals surface area contributed by atoms with E-state index in [0.717, 1.165) is 17.3 Å². The van der Waals surface area contributed by atoms with Gasteiger partial charge in [0, 0.05) is 12.6 Å². The van der Waals surface area contributed by atoms with Gasteiger partial charge in [-0.3, -0.25) is 4.79 Å². The van der Waals surface area contributed by atoms with Crippen molar-refractivity contribution in [2.75, 3.05) is 7.11 Å². The molecule has 2 aromatic heterocycles. The third-order valence-corrected chi connectivity index (χ3v) is 4.04. The van der Waals surface area contributed by atoms with Crippen LogP contribution in [0.3, 0.4) is 0 Å². The topological polar surface area (TPSA) is 81.9 Å². The van der Waals surface area contributed by atoms with Crippen molar-refractivity contribution in [3.05, 3.63) is 65.0 Å². The Morgan fingerprint density at radius 1 is 1.18 bits per heavy atom. The summed E-state index contributed by atoms with van der Waals surface area (Å²) in [7, 11) is 1.36. The average molecular weight is 391 g/mol. The van der Waals surface area contributed by atoms with E-state index < -0.39 is 23.3 Å². The van der Waals surface area contributed by atoms with Crippen molar-refractivity contribution in [1.29, 1.82) is 0 Å². The van der Waals surface area contributed by atoms with Crippen molar-refractivity contribution in [2.24, 2.45) is 0 Å². The predicted molar refractivity (Wildman–Crippen MR) is 93.1 cm³/mol. The number of amides is 1. The first-order chi connectivity index (χ1) is 13.3. The van der Waals surface area contributed by atoms with Gasteiger partial charge in [0.15, 0.2) is 11.5 Å². The lowest BCUT2D eigenvalue weighted by atomic mass is 10.1. The highest BCUT2D eigenvalue weighted by atomic mass is 19.4. The standard InChI is InChI=1S/C18H16F3N5O2/c1-11-5-3-4-6-12(11)9-22-17(27)13-10-23-26(16(13)18(19,20)21)14-7-8-15(28-2)25-24-14/h3-8,10H,9H2,1-2H3,(H,22,27). The van der Waals surface area contributed by atoms with Gasteiger partial charge in [0.25, 0.3) is 5.91 Å². The molecule has 0 radical (unpaired) electrons. The maximum atomic E-state index is 13.6. The molecule has 0 atom stereocenters. The first-order valence-electron chi connectivity index (χ1n) is 8.17. The second-order valence-corrected chi connectivity index (χ2v) is 5.86. The molecule has 0 aliphatic rings. The highest BCUT2D eigenvalue weighted by molar-refractivity contribution is 5.95. The fourth-order valence-corrected chi connectivity index (χ4v) is 2.58. The van der Waals surface area contributed by atoms with Crippen LogP contribution in [0.1, 0.15) is 27.2 Å². The van der Waals surface area contributed by atoms with Crippen molar-refractivity contribution >= 4 is 5.91 Å². The molecular formula is C18H16F3N5O2. The number of carbonyl (C=O) groups excluding carboxylic acids is 1. The summed E-state index contributed by atoms with van der Waals surface area (Å²) in [6.07, 6.45) is -3.96. The maximum Gasteiger partial charge on any atom is 0.434 e. The summed E-state index contributed by atoms with van der Waals surface area (Å²) in [4.78, 5) is 12.4. The number of hydrogen-bond acceptors (Lipinski definition) is 5. The highest BCUT2D eigenvalue weighted by Crippen LogP contribution is 2.33. The number of hydrogen-bond donors (Lipinski definition) is 1. The molecule has 0 aliphatic carbocycles. The van der Waals surface area contributed by atoms with Crippen LogP contribution in [0.15, 0.2) is 42.6 Å². The SMILES string of the molecule is COc1ccc(-n2ncc(C(=O)NCc3ccccc3C)c2C(F)(F)F)nn1. The molecule has 10 heteroatoms. The Labute approximate surface area is 158 Å². The number of ether oxygens (including phenoxy) is 1. The predicted octanol–water partition coefficient (Wildman–Crippen LogP) is 2.93. The summed E-state index contributed by atoms with van der Waals surface area (Å²) >= 11 is 0. The molecule has 1 aromatic carbocycles. The molecule has 7 nitrogen and oxygen atoms in total. The second kappa shape index (κ2) is 7.67. The molecule has 146 valence electrons. The Bertz CT molecular complexity index is 984. The summed E-state index contributed by atoms with van der Waals surface area (Å²) in [5, 5.41) is 13.5. The number of carbonyl (C=O) groups is 1. The van der Waals surface area contributed by atoms with Crippen LogP contribution in [-0.4, -0.2) is 33.0 Å². The monoisotopic (exact) mass is 391 g/mol. The number of aromatic nitrogens is 4. The minimum atomic E-state index is -4.83. The molecule has 0 fully saturated rings. The summed E-state index contributed by atoms with van der Waals surface area (Å²) in [5.41, 5.74) is -0.103. The second-order valence-electron chi connectivity index (χ2n) is 5.86. The van der Waals surface area contributed by atoms with Crippen molar-refractivity contribution < 1.29 is 22.7 Å². The van der Waals surface area contributed by atoms with Gasteiger partial charge in [-0.25, -0.2) is 4.68 Å². The third-order valence-electron chi connectivity index (χ3n) is 4.04. The smallest absolute Gasteiger partial charge is 0.434 e. The first kappa shape index (κ1) is 19.3. The van der Waals surface area contributed by atoms with Crippen LogP contribution < -0.4 is 10.1 Å². The molecule has 0 saturated carbocycles. The zero-order chi connectivity index (χ0) is 20.3. The minimum Gasteiger partial charge on any atom is -0.480 e. The summed E-state index contributed by atoms with van der Waals surface area (Å²) in [6, 6.07) is 9.88. The Morgan fingerprint density at radius 2 is 1.93 bits per heavy atom. The molecule has 0 aliphatic heterocycles. The summed E-state index contributed by atoms with van der Waals surface area (Å²) < 4.78 is 46.3. The normalized spacial score (nSPS) is 11.3. The van der Waals surface area contributed by atoms with Gasteiger partial charge in [-0.15, -0.1) is 10.2 Å². The molecule has 0 unspecified atom stereocenters. The van der Waals surface area contributed by atoms with E-state index in [4.69, 9.17) is 4.74 Å². The highest BCUT2D eigenvalue weighted by Gasteiger charge is 2.41. The van der Waals surface area contributed by atoms with Crippen molar-refractivity contribution in [3.63, 3.8) is 0 Å². The van der Waals surface area contributed by atoms with Crippen molar-refractivity contribution in [2.45, 2.75) is 19.6 Å². The quantitative estimate of drug-likeness (QED) is 0.723. The van der Waals surface area contributed by atoms with E-state index in [2.05, 4.69) is 20.6 Å². The van der Waals surface area contributed by atoms with Gasteiger partial charge < -0.3 is 10.1 Å². The molecule has 2 heterocycles. The van der Waals surface area contributed by atoms with E-state index in [0.29, 0.717) is 4.68 Å².